The van der Waals surface area contributed by atoms with Crippen molar-refractivity contribution in [3.05, 3.63) is 29.6 Å². The second-order valence-electron chi connectivity index (χ2n) is 5.04. The number of fused-ring (bicyclic) bond motifs is 1. The zero-order valence-electron chi connectivity index (χ0n) is 11.1. The maximum Gasteiger partial charge on any atom is 0.0482 e. The van der Waals surface area contributed by atoms with E-state index in [0.29, 0.717) is 12.0 Å². The first-order valence-corrected chi connectivity index (χ1v) is 7.04. The van der Waals surface area contributed by atoms with Crippen molar-refractivity contribution in [1.82, 2.24) is 10.3 Å². The molecule has 2 unspecified atom stereocenters. The predicted octanol–water partition coefficient (Wildman–Crippen LogP) is 3.28. The first kappa shape index (κ1) is 12.6. The van der Waals surface area contributed by atoms with Crippen molar-refractivity contribution in [2.45, 2.75) is 57.9 Å². The van der Waals surface area contributed by atoms with Gasteiger partial charge in [-0.05, 0) is 43.9 Å². The van der Waals surface area contributed by atoms with Crippen molar-refractivity contribution in [3.63, 3.8) is 0 Å². The maximum atomic E-state index is 4.61. The van der Waals surface area contributed by atoms with Gasteiger partial charge in [0.05, 0.1) is 0 Å². The van der Waals surface area contributed by atoms with E-state index in [2.05, 4.69) is 36.3 Å². The molecule has 2 heteroatoms. The van der Waals surface area contributed by atoms with Gasteiger partial charge in [-0.1, -0.05) is 26.3 Å². The van der Waals surface area contributed by atoms with Crippen LogP contribution in [0.3, 0.4) is 0 Å². The SMILES string of the molecule is CCCNC(CCC)C1CCc2cccnc21. The van der Waals surface area contributed by atoms with Crippen LogP contribution < -0.4 is 5.32 Å². The van der Waals surface area contributed by atoms with Gasteiger partial charge in [-0.15, -0.1) is 0 Å². The van der Waals surface area contributed by atoms with Gasteiger partial charge in [0, 0.05) is 23.9 Å². The molecular formula is C15H24N2. The van der Waals surface area contributed by atoms with E-state index in [1.165, 1.54) is 43.4 Å². The summed E-state index contributed by atoms with van der Waals surface area (Å²) in [6.45, 7) is 5.63. The van der Waals surface area contributed by atoms with Crippen LogP contribution in [0, 0.1) is 0 Å². The van der Waals surface area contributed by atoms with Crippen LogP contribution in [0.2, 0.25) is 0 Å². The Kier molecular flexibility index (Phi) is 4.55. The highest BCUT2D eigenvalue weighted by atomic mass is 14.9. The molecular weight excluding hydrogens is 208 g/mol. The van der Waals surface area contributed by atoms with Crippen molar-refractivity contribution >= 4 is 0 Å². The highest BCUT2D eigenvalue weighted by molar-refractivity contribution is 5.29. The van der Waals surface area contributed by atoms with E-state index in [9.17, 15) is 0 Å². The van der Waals surface area contributed by atoms with Crippen molar-refractivity contribution in [2.75, 3.05) is 6.54 Å². The van der Waals surface area contributed by atoms with E-state index in [4.69, 9.17) is 0 Å². The molecule has 0 saturated heterocycles. The number of aryl methyl sites for hydroxylation is 1. The molecule has 1 aliphatic carbocycles. The Morgan fingerprint density at radius 3 is 3.06 bits per heavy atom. The molecule has 1 aromatic rings. The van der Waals surface area contributed by atoms with Crippen LogP contribution in [0.25, 0.3) is 0 Å². The molecule has 0 spiro atoms. The van der Waals surface area contributed by atoms with Crippen LogP contribution in [0.15, 0.2) is 18.3 Å². The number of aromatic nitrogens is 1. The van der Waals surface area contributed by atoms with Crippen molar-refractivity contribution in [1.29, 1.82) is 0 Å². The van der Waals surface area contributed by atoms with E-state index >= 15 is 0 Å². The van der Waals surface area contributed by atoms with Crippen LogP contribution in [0.4, 0.5) is 0 Å². The van der Waals surface area contributed by atoms with Crippen molar-refractivity contribution in [3.8, 4) is 0 Å². The van der Waals surface area contributed by atoms with Gasteiger partial charge in [-0.25, -0.2) is 0 Å². The third-order valence-electron chi connectivity index (χ3n) is 3.74. The fourth-order valence-corrected chi connectivity index (χ4v) is 2.92. The Morgan fingerprint density at radius 1 is 1.41 bits per heavy atom. The lowest BCUT2D eigenvalue weighted by Gasteiger charge is -2.24. The van der Waals surface area contributed by atoms with Gasteiger partial charge in [0.1, 0.15) is 0 Å². The minimum Gasteiger partial charge on any atom is -0.313 e. The van der Waals surface area contributed by atoms with Crippen LogP contribution in [0.1, 0.15) is 56.7 Å². The second kappa shape index (κ2) is 6.15. The molecule has 0 bridgehead atoms. The zero-order valence-corrected chi connectivity index (χ0v) is 11.1. The summed E-state index contributed by atoms with van der Waals surface area (Å²) >= 11 is 0. The number of pyridine rings is 1. The first-order chi connectivity index (χ1) is 8.36. The van der Waals surface area contributed by atoms with Crippen molar-refractivity contribution in [2.24, 2.45) is 0 Å². The summed E-state index contributed by atoms with van der Waals surface area (Å²) in [5, 5.41) is 3.71. The highest BCUT2D eigenvalue weighted by Crippen LogP contribution is 2.35. The van der Waals surface area contributed by atoms with Crippen molar-refractivity contribution < 1.29 is 0 Å². The van der Waals surface area contributed by atoms with Gasteiger partial charge >= 0.3 is 0 Å². The molecule has 94 valence electrons. The molecule has 0 amide bonds. The third-order valence-corrected chi connectivity index (χ3v) is 3.74. The van der Waals surface area contributed by atoms with E-state index in [0.717, 1.165) is 6.54 Å². The zero-order chi connectivity index (χ0) is 12.1. The monoisotopic (exact) mass is 232 g/mol. The number of hydrogen-bond acceptors (Lipinski definition) is 2. The summed E-state index contributed by atoms with van der Waals surface area (Å²) in [5.41, 5.74) is 2.83. The molecule has 1 N–H and O–H groups in total. The summed E-state index contributed by atoms with van der Waals surface area (Å²) in [7, 11) is 0. The van der Waals surface area contributed by atoms with Crippen LogP contribution in [-0.2, 0) is 6.42 Å². The molecule has 1 aromatic heterocycles. The van der Waals surface area contributed by atoms with Crippen LogP contribution in [0.5, 0.6) is 0 Å². The molecule has 2 nitrogen and oxygen atoms in total. The average molecular weight is 232 g/mol. The lowest BCUT2D eigenvalue weighted by molar-refractivity contribution is 0.398. The number of rotatable bonds is 6. The van der Waals surface area contributed by atoms with E-state index in [1.807, 2.05) is 6.20 Å². The van der Waals surface area contributed by atoms with E-state index in [1.54, 1.807) is 0 Å². The van der Waals surface area contributed by atoms with Gasteiger partial charge in [-0.3, -0.25) is 4.98 Å². The highest BCUT2D eigenvalue weighted by Gasteiger charge is 2.29. The van der Waals surface area contributed by atoms with Gasteiger partial charge < -0.3 is 5.32 Å². The summed E-state index contributed by atoms with van der Waals surface area (Å²) in [6.07, 6.45) is 8.15. The van der Waals surface area contributed by atoms with Crippen LogP contribution >= 0.6 is 0 Å². The van der Waals surface area contributed by atoms with Gasteiger partial charge in [0.15, 0.2) is 0 Å². The summed E-state index contributed by atoms with van der Waals surface area (Å²) < 4.78 is 0. The Balaban J connectivity index is 2.09. The minimum absolute atomic E-state index is 0.621. The van der Waals surface area contributed by atoms with E-state index in [-0.39, 0.29) is 0 Å². The Morgan fingerprint density at radius 2 is 2.29 bits per heavy atom. The summed E-state index contributed by atoms with van der Waals surface area (Å²) in [4.78, 5) is 4.61. The fraction of sp³-hybridized carbons (Fsp3) is 0.667. The fourth-order valence-electron chi connectivity index (χ4n) is 2.92. The summed E-state index contributed by atoms with van der Waals surface area (Å²) in [5.74, 6) is 0.637. The molecule has 0 aromatic carbocycles. The average Bonchev–Trinajstić information content (AvgIpc) is 2.78. The molecule has 1 aliphatic rings. The molecule has 0 aliphatic heterocycles. The van der Waals surface area contributed by atoms with Gasteiger partial charge in [0.2, 0.25) is 0 Å². The lowest BCUT2D eigenvalue weighted by Crippen LogP contribution is -2.34. The number of hydrogen-bond donors (Lipinski definition) is 1. The quantitative estimate of drug-likeness (QED) is 0.814. The number of nitrogens with zero attached hydrogens (tertiary/aromatic N) is 1. The molecule has 0 saturated carbocycles. The van der Waals surface area contributed by atoms with E-state index < -0.39 is 0 Å². The summed E-state index contributed by atoms with van der Waals surface area (Å²) in [6, 6.07) is 4.93. The molecule has 2 atom stereocenters. The Bertz CT molecular complexity index is 349. The Hall–Kier alpha value is -0.890. The smallest absolute Gasteiger partial charge is 0.0482 e. The molecule has 0 fully saturated rings. The normalized spacial score (nSPS) is 20.2. The van der Waals surface area contributed by atoms with Gasteiger partial charge in [0.25, 0.3) is 0 Å². The second-order valence-corrected chi connectivity index (χ2v) is 5.04. The minimum atomic E-state index is 0.621. The van der Waals surface area contributed by atoms with Gasteiger partial charge in [-0.2, -0.15) is 0 Å². The molecule has 17 heavy (non-hydrogen) atoms. The topological polar surface area (TPSA) is 24.9 Å². The molecule has 0 radical (unpaired) electrons. The molecule has 2 rings (SSSR count). The molecule has 1 heterocycles. The number of nitrogens with one attached hydrogen (secondary N) is 1. The maximum absolute atomic E-state index is 4.61. The standard InChI is InChI=1S/C15H24N2/c1-3-6-14(16-10-4-2)13-9-8-12-7-5-11-17-15(12)13/h5,7,11,13-14,16H,3-4,6,8-10H2,1-2H3. The lowest BCUT2D eigenvalue weighted by atomic mass is 9.93. The predicted molar refractivity (Wildman–Crippen MR) is 72.3 cm³/mol. The third kappa shape index (κ3) is 2.86. The largest absolute Gasteiger partial charge is 0.313 e. The van der Waals surface area contributed by atoms with Crippen LogP contribution in [-0.4, -0.2) is 17.6 Å². The Labute approximate surface area is 105 Å². The first-order valence-electron chi connectivity index (χ1n) is 7.04.